The minimum Gasteiger partial charge on any atom is -0.396 e. The molecule has 1 saturated heterocycles. The highest BCUT2D eigenvalue weighted by atomic mass is 16.3. The lowest BCUT2D eigenvalue weighted by atomic mass is 9.95. The number of anilines is 1. The van der Waals surface area contributed by atoms with Gasteiger partial charge in [0.25, 0.3) is 0 Å². The number of hydrogen-bond donors (Lipinski definition) is 3. The summed E-state index contributed by atoms with van der Waals surface area (Å²) in [6, 6.07) is 9.74. The molecule has 0 radical (unpaired) electrons. The molecule has 0 spiro atoms. The number of nitrogens with one attached hydrogen (secondary N) is 2. The van der Waals surface area contributed by atoms with Gasteiger partial charge in [0.2, 0.25) is 0 Å². The Kier molecular flexibility index (Phi) is 6.65. The molecule has 2 amide bonds. The molecule has 0 unspecified atom stereocenters. The zero-order valence-corrected chi connectivity index (χ0v) is 15.1. The van der Waals surface area contributed by atoms with Crippen LogP contribution >= 0.6 is 0 Å². The summed E-state index contributed by atoms with van der Waals surface area (Å²) in [6.07, 6.45) is 3.10. The van der Waals surface area contributed by atoms with Crippen molar-refractivity contribution in [1.82, 2.24) is 10.6 Å². The molecule has 2 rings (SSSR count). The number of nitrogens with zero attached hydrogens (tertiary/aromatic N) is 2. The molecule has 1 aromatic carbocycles. The van der Waals surface area contributed by atoms with Crippen molar-refractivity contribution in [3.05, 3.63) is 29.8 Å². The first-order chi connectivity index (χ1) is 12.0. The maximum absolute atomic E-state index is 12.2. The number of carbonyl (C=O) groups is 1. The van der Waals surface area contributed by atoms with E-state index in [1.54, 1.807) is 0 Å². The minimum absolute atomic E-state index is 0.0631. The first-order valence-electron chi connectivity index (χ1n) is 8.94. The van der Waals surface area contributed by atoms with Crippen LogP contribution < -0.4 is 15.5 Å². The molecule has 0 aliphatic carbocycles. The van der Waals surface area contributed by atoms with Gasteiger partial charge in [0, 0.05) is 37.0 Å². The van der Waals surface area contributed by atoms with Crippen molar-refractivity contribution in [3.63, 3.8) is 0 Å². The first kappa shape index (κ1) is 19.1. The van der Waals surface area contributed by atoms with Crippen LogP contribution in [0.3, 0.4) is 0 Å². The van der Waals surface area contributed by atoms with E-state index in [1.807, 2.05) is 38.1 Å². The van der Waals surface area contributed by atoms with Gasteiger partial charge in [-0.2, -0.15) is 5.26 Å². The van der Waals surface area contributed by atoms with Gasteiger partial charge < -0.3 is 20.6 Å². The second kappa shape index (κ2) is 8.72. The molecule has 0 saturated carbocycles. The third kappa shape index (κ3) is 5.36. The van der Waals surface area contributed by atoms with Crippen molar-refractivity contribution in [3.8, 4) is 6.07 Å². The summed E-state index contributed by atoms with van der Waals surface area (Å²) in [5.74, 6) is 0. The van der Waals surface area contributed by atoms with Gasteiger partial charge in [-0.3, -0.25) is 0 Å². The summed E-state index contributed by atoms with van der Waals surface area (Å²) in [5, 5.41) is 24.1. The van der Waals surface area contributed by atoms with E-state index in [0.717, 1.165) is 38.0 Å². The second-order valence-electron chi connectivity index (χ2n) is 6.91. The van der Waals surface area contributed by atoms with Crippen LogP contribution in [-0.2, 0) is 0 Å². The number of aliphatic hydroxyl groups excluding tert-OH is 1. The zero-order valence-electron chi connectivity index (χ0n) is 15.1. The zero-order chi connectivity index (χ0) is 18.3. The Morgan fingerprint density at radius 1 is 1.36 bits per heavy atom. The average Bonchev–Trinajstić information content (AvgIpc) is 2.62. The van der Waals surface area contributed by atoms with Crippen LogP contribution in [0.4, 0.5) is 10.5 Å². The van der Waals surface area contributed by atoms with Crippen LogP contribution in [0.1, 0.15) is 45.1 Å². The van der Waals surface area contributed by atoms with Gasteiger partial charge in [0.15, 0.2) is 0 Å². The largest absolute Gasteiger partial charge is 0.396 e. The lowest BCUT2D eigenvalue weighted by molar-refractivity contribution is 0.197. The minimum atomic E-state index is -0.373. The molecule has 6 heteroatoms. The first-order valence-corrected chi connectivity index (χ1v) is 8.94. The molecule has 1 fully saturated rings. The van der Waals surface area contributed by atoms with E-state index in [2.05, 4.69) is 21.6 Å². The van der Waals surface area contributed by atoms with E-state index in [9.17, 15) is 4.79 Å². The number of benzene rings is 1. The lowest BCUT2D eigenvalue weighted by Crippen LogP contribution is -2.54. The topological polar surface area (TPSA) is 88.4 Å². The van der Waals surface area contributed by atoms with Gasteiger partial charge in [0.1, 0.15) is 0 Å². The summed E-state index contributed by atoms with van der Waals surface area (Å²) in [6.45, 7) is 5.77. The van der Waals surface area contributed by atoms with Crippen LogP contribution in [0.5, 0.6) is 0 Å². The van der Waals surface area contributed by atoms with Gasteiger partial charge in [-0.25, -0.2) is 4.79 Å². The van der Waals surface area contributed by atoms with Crippen molar-refractivity contribution in [2.45, 2.75) is 51.1 Å². The fourth-order valence-corrected chi connectivity index (χ4v) is 3.10. The summed E-state index contributed by atoms with van der Waals surface area (Å²) in [7, 11) is 0. The number of nitriles is 1. The Balaban J connectivity index is 1.81. The van der Waals surface area contributed by atoms with Crippen LogP contribution in [0.25, 0.3) is 0 Å². The Bertz CT molecular complexity index is 603. The number of piperidine rings is 1. The van der Waals surface area contributed by atoms with E-state index in [-0.39, 0.29) is 24.2 Å². The predicted octanol–water partition coefficient (Wildman–Crippen LogP) is 2.38. The van der Waals surface area contributed by atoms with Crippen LogP contribution in [0.2, 0.25) is 0 Å². The van der Waals surface area contributed by atoms with Gasteiger partial charge in [0.05, 0.1) is 11.6 Å². The van der Waals surface area contributed by atoms with E-state index in [1.165, 1.54) is 0 Å². The number of rotatable bonds is 6. The van der Waals surface area contributed by atoms with Crippen molar-refractivity contribution in [2.75, 3.05) is 24.6 Å². The third-order valence-electron chi connectivity index (χ3n) is 5.05. The summed E-state index contributed by atoms with van der Waals surface area (Å²) >= 11 is 0. The smallest absolute Gasteiger partial charge is 0.315 e. The quantitative estimate of drug-likeness (QED) is 0.739. The van der Waals surface area contributed by atoms with Crippen molar-refractivity contribution in [1.29, 1.82) is 5.26 Å². The van der Waals surface area contributed by atoms with Crippen molar-refractivity contribution < 1.29 is 9.90 Å². The highest BCUT2D eigenvalue weighted by Gasteiger charge is 2.26. The SMILES string of the molecule is CC[C@](C)(CCO)NC(=O)NC1CCN(c2ccc(C#N)cc2)CC1. The van der Waals surface area contributed by atoms with Gasteiger partial charge in [-0.15, -0.1) is 0 Å². The second-order valence-corrected chi connectivity index (χ2v) is 6.91. The van der Waals surface area contributed by atoms with Gasteiger partial charge >= 0.3 is 6.03 Å². The third-order valence-corrected chi connectivity index (χ3v) is 5.05. The van der Waals surface area contributed by atoms with Gasteiger partial charge in [-0.05, 0) is 56.9 Å². The number of amides is 2. The standard InChI is InChI=1S/C19H28N4O2/c1-3-19(2,10-13-24)22-18(25)21-16-8-11-23(12-9-16)17-6-4-15(14-20)5-7-17/h4-7,16,24H,3,8-13H2,1-2H3,(H2,21,22,25)/t19-/m1/s1. The summed E-state index contributed by atoms with van der Waals surface area (Å²) < 4.78 is 0. The Morgan fingerprint density at radius 3 is 2.52 bits per heavy atom. The average molecular weight is 344 g/mol. The van der Waals surface area contributed by atoms with E-state index in [0.29, 0.717) is 12.0 Å². The lowest BCUT2D eigenvalue weighted by Gasteiger charge is -2.35. The van der Waals surface area contributed by atoms with E-state index in [4.69, 9.17) is 10.4 Å². The van der Waals surface area contributed by atoms with E-state index < -0.39 is 0 Å². The molecule has 0 bridgehead atoms. The highest BCUT2D eigenvalue weighted by Crippen LogP contribution is 2.20. The number of urea groups is 1. The number of hydrogen-bond acceptors (Lipinski definition) is 4. The summed E-state index contributed by atoms with van der Waals surface area (Å²) in [5.41, 5.74) is 1.41. The maximum Gasteiger partial charge on any atom is 0.315 e. The predicted molar refractivity (Wildman–Crippen MR) is 98.5 cm³/mol. The Morgan fingerprint density at radius 2 is 2.00 bits per heavy atom. The molecule has 25 heavy (non-hydrogen) atoms. The molecule has 6 nitrogen and oxygen atoms in total. The summed E-state index contributed by atoms with van der Waals surface area (Å²) in [4.78, 5) is 14.5. The van der Waals surface area contributed by atoms with Gasteiger partial charge in [-0.1, -0.05) is 6.92 Å². The fourth-order valence-electron chi connectivity index (χ4n) is 3.10. The molecule has 0 aromatic heterocycles. The van der Waals surface area contributed by atoms with Crippen LogP contribution in [0, 0.1) is 11.3 Å². The highest BCUT2D eigenvalue weighted by molar-refractivity contribution is 5.75. The van der Waals surface area contributed by atoms with Crippen LogP contribution in [0.15, 0.2) is 24.3 Å². The molecular formula is C19H28N4O2. The molecule has 3 N–H and O–H groups in total. The Labute approximate surface area is 149 Å². The molecule has 1 atom stereocenters. The molecule has 136 valence electrons. The van der Waals surface area contributed by atoms with Crippen molar-refractivity contribution >= 4 is 11.7 Å². The monoisotopic (exact) mass is 344 g/mol. The van der Waals surface area contributed by atoms with Crippen LogP contribution in [-0.4, -0.2) is 42.4 Å². The van der Waals surface area contributed by atoms with E-state index >= 15 is 0 Å². The van der Waals surface area contributed by atoms with Crippen molar-refractivity contribution in [2.24, 2.45) is 0 Å². The normalized spacial score (nSPS) is 17.4. The molecule has 1 aliphatic heterocycles. The number of aliphatic hydroxyl groups is 1. The maximum atomic E-state index is 12.2. The Hall–Kier alpha value is -2.26. The molecular weight excluding hydrogens is 316 g/mol. The number of carbonyl (C=O) groups excluding carboxylic acids is 1. The molecule has 1 aliphatic rings. The molecule has 1 aromatic rings. The molecule has 1 heterocycles. The fraction of sp³-hybridized carbons (Fsp3) is 0.579.